The molecule has 0 fully saturated rings. The van der Waals surface area contributed by atoms with E-state index in [0.29, 0.717) is 0 Å². The largest absolute Gasteiger partial charge is 0.407 e. The molecule has 3 nitrogen and oxygen atoms in total. The minimum atomic E-state index is -1.16. The molecule has 0 aromatic rings. The summed E-state index contributed by atoms with van der Waals surface area (Å²) < 4.78 is 9.90. The summed E-state index contributed by atoms with van der Waals surface area (Å²) in [6.07, 6.45) is 0.729. The zero-order valence-corrected chi connectivity index (χ0v) is 6.76. The average molecular weight is 135 g/mol. The Morgan fingerprint density at radius 2 is 2.12 bits per heavy atom. The highest BCUT2D eigenvalue weighted by molar-refractivity contribution is 6.48. The third-order valence-electron chi connectivity index (χ3n) is 0.925. The minimum Gasteiger partial charge on any atom is -0.407 e. The van der Waals surface area contributed by atoms with Crippen LogP contribution >= 0.6 is 0 Å². The molecule has 0 amide bonds. The van der Waals surface area contributed by atoms with E-state index in [4.69, 9.17) is 9.16 Å². The molecule has 0 radical (unpaired) electrons. The molecule has 0 aliphatic heterocycles. The Kier molecular flexibility index (Phi) is 5.30. The van der Waals surface area contributed by atoms with Gasteiger partial charge in [0.25, 0.3) is 9.20 Å². The monoisotopic (exact) mass is 135 g/mol. The number of hydrogen-bond donors (Lipinski definition) is 1. The lowest BCUT2D eigenvalue weighted by molar-refractivity contribution is 0.227. The molecule has 0 aliphatic rings. The van der Waals surface area contributed by atoms with E-state index in [1.54, 1.807) is 14.2 Å². The lowest BCUT2D eigenvalue weighted by atomic mass is 11.5. The molecule has 0 saturated carbocycles. The standard InChI is InChI=1S/C4H13NO2Si/c1-5-8(7-3)4-6-2/h5,8H,4H2,1-3H3. The highest BCUT2D eigenvalue weighted by atomic mass is 28.3. The molecule has 0 bridgehead atoms. The first kappa shape index (κ1) is 8.10. The first-order valence-corrected chi connectivity index (χ1v) is 4.40. The Morgan fingerprint density at radius 1 is 1.50 bits per heavy atom. The lowest BCUT2D eigenvalue weighted by Crippen LogP contribution is -2.37. The Labute approximate surface area is 51.8 Å². The van der Waals surface area contributed by atoms with Crippen molar-refractivity contribution in [3.05, 3.63) is 0 Å². The molecule has 4 heteroatoms. The van der Waals surface area contributed by atoms with E-state index in [9.17, 15) is 0 Å². The number of rotatable bonds is 4. The Hall–Kier alpha value is 0.0969. The van der Waals surface area contributed by atoms with Crippen LogP contribution in [0.3, 0.4) is 0 Å². The fourth-order valence-corrected chi connectivity index (χ4v) is 1.26. The van der Waals surface area contributed by atoms with E-state index in [1.807, 2.05) is 7.05 Å². The van der Waals surface area contributed by atoms with Crippen LogP contribution in [0, 0.1) is 0 Å². The lowest BCUT2D eigenvalue weighted by Gasteiger charge is -2.08. The van der Waals surface area contributed by atoms with Gasteiger partial charge in [0.1, 0.15) is 0 Å². The van der Waals surface area contributed by atoms with Gasteiger partial charge < -0.3 is 14.1 Å². The second-order valence-electron chi connectivity index (χ2n) is 1.47. The van der Waals surface area contributed by atoms with E-state index in [-0.39, 0.29) is 0 Å². The van der Waals surface area contributed by atoms with Crippen LogP contribution < -0.4 is 4.98 Å². The molecule has 0 saturated heterocycles. The Morgan fingerprint density at radius 3 is 2.25 bits per heavy atom. The average Bonchev–Trinajstić information content (AvgIpc) is 1.83. The SMILES string of the molecule is CN[SiH](COC)OC. The van der Waals surface area contributed by atoms with Gasteiger partial charge in [0.2, 0.25) is 0 Å². The third-order valence-corrected chi connectivity index (χ3v) is 2.77. The molecule has 0 aromatic heterocycles. The van der Waals surface area contributed by atoms with Crippen molar-refractivity contribution in [1.82, 2.24) is 4.98 Å². The predicted molar refractivity (Wildman–Crippen MR) is 35.1 cm³/mol. The van der Waals surface area contributed by atoms with Gasteiger partial charge in [-0.15, -0.1) is 0 Å². The first-order valence-electron chi connectivity index (χ1n) is 2.54. The van der Waals surface area contributed by atoms with Gasteiger partial charge in [0.15, 0.2) is 0 Å². The van der Waals surface area contributed by atoms with Crippen molar-refractivity contribution in [2.45, 2.75) is 0 Å². The molecule has 0 aliphatic carbocycles. The molecule has 0 rings (SSSR count). The van der Waals surface area contributed by atoms with Crippen LogP contribution in [0.2, 0.25) is 0 Å². The maximum atomic E-state index is 5.04. The normalized spacial score (nSPS) is 13.9. The molecular weight excluding hydrogens is 122 g/mol. The topological polar surface area (TPSA) is 30.5 Å². The van der Waals surface area contributed by atoms with Crippen LogP contribution in [0.15, 0.2) is 0 Å². The molecule has 8 heavy (non-hydrogen) atoms. The van der Waals surface area contributed by atoms with Crippen molar-refractivity contribution in [3.63, 3.8) is 0 Å². The van der Waals surface area contributed by atoms with Crippen molar-refractivity contribution in [2.24, 2.45) is 0 Å². The van der Waals surface area contributed by atoms with Crippen molar-refractivity contribution in [3.8, 4) is 0 Å². The fraction of sp³-hybridized carbons (Fsp3) is 1.00. The summed E-state index contributed by atoms with van der Waals surface area (Å²) in [4.78, 5) is 3.04. The van der Waals surface area contributed by atoms with Crippen LogP contribution in [-0.2, 0) is 9.16 Å². The van der Waals surface area contributed by atoms with Gasteiger partial charge in [-0.2, -0.15) is 0 Å². The van der Waals surface area contributed by atoms with Crippen molar-refractivity contribution < 1.29 is 9.16 Å². The molecular formula is C4H13NO2Si. The Balaban J connectivity index is 3.07. The zero-order chi connectivity index (χ0) is 6.41. The van der Waals surface area contributed by atoms with E-state index < -0.39 is 9.20 Å². The molecule has 1 unspecified atom stereocenters. The highest BCUT2D eigenvalue weighted by Crippen LogP contribution is 1.75. The number of hydrogen-bond acceptors (Lipinski definition) is 3. The van der Waals surface area contributed by atoms with E-state index in [0.717, 1.165) is 6.23 Å². The van der Waals surface area contributed by atoms with Gasteiger partial charge >= 0.3 is 0 Å². The summed E-state index contributed by atoms with van der Waals surface area (Å²) in [5.41, 5.74) is 0. The van der Waals surface area contributed by atoms with Gasteiger partial charge in [-0.25, -0.2) is 0 Å². The van der Waals surface area contributed by atoms with E-state index >= 15 is 0 Å². The van der Waals surface area contributed by atoms with Gasteiger partial charge in [-0.1, -0.05) is 0 Å². The van der Waals surface area contributed by atoms with Crippen LogP contribution in [0.1, 0.15) is 0 Å². The summed E-state index contributed by atoms with van der Waals surface area (Å²) in [6, 6.07) is 0. The molecule has 0 spiro atoms. The maximum absolute atomic E-state index is 5.04. The van der Waals surface area contributed by atoms with Gasteiger partial charge in [0.05, 0.1) is 6.23 Å². The predicted octanol–water partition coefficient (Wildman–Crippen LogP) is -0.742. The molecule has 0 heterocycles. The number of methoxy groups -OCH3 is 1. The molecule has 1 atom stereocenters. The van der Waals surface area contributed by atoms with Crippen LogP contribution in [0.4, 0.5) is 0 Å². The second kappa shape index (κ2) is 5.24. The van der Waals surface area contributed by atoms with E-state index in [1.165, 1.54) is 0 Å². The van der Waals surface area contributed by atoms with Gasteiger partial charge in [-0.05, 0) is 7.05 Å². The minimum absolute atomic E-state index is 0.729. The summed E-state index contributed by atoms with van der Waals surface area (Å²) >= 11 is 0. The summed E-state index contributed by atoms with van der Waals surface area (Å²) in [6.45, 7) is 0. The molecule has 50 valence electrons. The van der Waals surface area contributed by atoms with Crippen LogP contribution in [-0.4, -0.2) is 36.7 Å². The number of ether oxygens (including phenoxy) is 1. The zero-order valence-electron chi connectivity index (χ0n) is 5.60. The molecule has 1 N–H and O–H groups in total. The summed E-state index contributed by atoms with van der Waals surface area (Å²) in [7, 11) is 4.10. The quantitative estimate of drug-likeness (QED) is 0.515. The first-order chi connectivity index (χ1) is 3.85. The van der Waals surface area contributed by atoms with Crippen molar-refractivity contribution >= 4 is 9.20 Å². The smallest absolute Gasteiger partial charge is 0.277 e. The summed E-state index contributed by atoms with van der Waals surface area (Å²) in [5.74, 6) is 0. The third kappa shape index (κ3) is 3.14. The number of nitrogens with one attached hydrogen (secondary N) is 1. The van der Waals surface area contributed by atoms with Gasteiger partial charge in [0, 0.05) is 14.2 Å². The summed E-state index contributed by atoms with van der Waals surface area (Å²) in [5, 5.41) is 0. The second-order valence-corrected chi connectivity index (χ2v) is 3.83. The van der Waals surface area contributed by atoms with Crippen molar-refractivity contribution in [2.75, 3.05) is 27.5 Å². The van der Waals surface area contributed by atoms with Crippen molar-refractivity contribution in [1.29, 1.82) is 0 Å². The molecule has 0 aromatic carbocycles. The van der Waals surface area contributed by atoms with Crippen LogP contribution in [0.5, 0.6) is 0 Å². The van der Waals surface area contributed by atoms with Gasteiger partial charge in [-0.3, -0.25) is 0 Å². The fourth-order valence-electron chi connectivity index (χ4n) is 0.421. The van der Waals surface area contributed by atoms with E-state index in [2.05, 4.69) is 4.98 Å². The highest BCUT2D eigenvalue weighted by Gasteiger charge is 2.03. The van der Waals surface area contributed by atoms with Crippen LogP contribution in [0.25, 0.3) is 0 Å². The Bertz CT molecular complexity index is 49.3. The maximum Gasteiger partial charge on any atom is 0.277 e.